The van der Waals surface area contributed by atoms with E-state index in [1.54, 1.807) is 36.3 Å². The van der Waals surface area contributed by atoms with E-state index in [0.717, 1.165) is 45.6 Å². The molecule has 2 unspecified atom stereocenters. The van der Waals surface area contributed by atoms with E-state index in [-0.39, 0.29) is 29.7 Å². The molecule has 1 aromatic rings. The highest BCUT2D eigenvalue weighted by Crippen LogP contribution is 2.35. The van der Waals surface area contributed by atoms with Gasteiger partial charge in [-0.2, -0.15) is 0 Å². The van der Waals surface area contributed by atoms with Gasteiger partial charge >= 0.3 is 0 Å². The van der Waals surface area contributed by atoms with Crippen molar-refractivity contribution in [2.75, 3.05) is 79.2 Å². The molecule has 1 aliphatic carbocycles. The fourth-order valence-corrected chi connectivity index (χ4v) is 5.60. The number of benzene rings is 1. The monoisotopic (exact) mass is 513 g/mol. The molecule has 3 amide bonds. The van der Waals surface area contributed by atoms with E-state index in [9.17, 15) is 14.4 Å². The molecular formula is C27H39N5O5. The molecule has 202 valence electrons. The molecule has 4 fully saturated rings. The number of piperazine rings is 1. The molecule has 3 aliphatic heterocycles. The third kappa shape index (κ3) is 6.08. The quantitative estimate of drug-likeness (QED) is 0.534. The van der Waals surface area contributed by atoms with Crippen molar-refractivity contribution in [3.8, 4) is 5.75 Å². The Morgan fingerprint density at radius 2 is 1.73 bits per heavy atom. The first-order valence-electron chi connectivity index (χ1n) is 13.6. The Labute approximate surface area is 218 Å². The first-order chi connectivity index (χ1) is 18.0. The van der Waals surface area contributed by atoms with Gasteiger partial charge in [0.25, 0.3) is 5.91 Å². The largest absolute Gasteiger partial charge is 0.497 e. The lowest BCUT2D eigenvalue weighted by Crippen LogP contribution is -2.53. The number of hydrogen-bond donors (Lipinski definition) is 1. The van der Waals surface area contributed by atoms with Crippen LogP contribution < -0.4 is 10.1 Å². The van der Waals surface area contributed by atoms with Gasteiger partial charge in [-0.15, -0.1) is 0 Å². The zero-order valence-electron chi connectivity index (χ0n) is 21.8. The molecule has 0 spiro atoms. The van der Waals surface area contributed by atoms with Gasteiger partial charge in [-0.3, -0.25) is 19.3 Å². The summed E-state index contributed by atoms with van der Waals surface area (Å²) in [6, 6.07) is 6.44. The summed E-state index contributed by atoms with van der Waals surface area (Å²) in [6.07, 6.45) is 2.26. The normalized spacial score (nSPS) is 24.7. The van der Waals surface area contributed by atoms with Gasteiger partial charge in [-0.25, -0.2) is 0 Å². The van der Waals surface area contributed by atoms with Crippen LogP contribution in [0.5, 0.6) is 5.75 Å². The molecule has 4 aliphatic rings. The minimum atomic E-state index is -0.509. The highest BCUT2D eigenvalue weighted by molar-refractivity contribution is 5.95. The highest BCUT2D eigenvalue weighted by atomic mass is 16.5. The lowest BCUT2D eigenvalue weighted by atomic mass is 10.1. The van der Waals surface area contributed by atoms with Gasteiger partial charge in [0.05, 0.1) is 26.4 Å². The molecule has 1 aromatic carbocycles. The van der Waals surface area contributed by atoms with Gasteiger partial charge in [0.1, 0.15) is 11.8 Å². The molecule has 5 rings (SSSR count). The fraction of sp³-hybridized carbons (Fsp3) is 0.667. The Kier molecular flexibility index (Phi) is 8.26. The van der Waals surface area contributed by atoms with Crippen molar-refractivity contribution in [3.05, 3.63) is 29.8 Å². The van der Waals surface area contributed by atoms with Crippen molar-refractivity contribution in [2.45, 2.75) is 31.3 Å². The Balaban J connectivity index is 1.37. The molecule has 1 N–H and O–H groups in total. The number of rotatable bonds is 8. The summed E-state index contributed by atoms with van der Waals surface area (Å²) < 4.78 is 10.8. The van der Waals surface area contributed by atoms with Crippen molar-refractivity contribution < 1.29 is 23.9 Å². The topological polar surface area (TPSA) is 94.7 Å². The standard InChI is InChI=1S/C27H39N5O5/c1-36-23-6-4-21(5-7-23)25(33)31(13-12-29-14-16-37-17-15-29)22-18-24(27(35)30-10-8-28-9-11-30)32(19-22)26(34)20-2-3-20/h4-7,20,22,24,28H,2-3,8-19H2,1H3. The van der Waals surface area contributed by atoms with Gasteiger partial charge in [-0.1, -0.05) is 0 Å². The summed E-state index contributed by atoms with van der Waals surface area (Å²) in [7, 11) is 1.60. The molecule has 3 saturated heterocycles. The van der Waals surface area contributed by atoms with Crippen molar-refractivity contribution in [1.82, 2.24) is 24.9 Å². The van der Waals surface area contributed by atoms with Crippen LogP contribution in [-0.2, 0) is 14.3 Å². The van der Waals surface area contributed by atoms with E-state index in [2.05, 4.69) is 10.2 Å². The summed E-state index contributed by atoms with van der Waals surface area (Å²) in [5.41, 5.74) is 0.583. The third-order valence-corrected chi connectivity index (χ3v) is 8.00. The second-order valence-electron chi connectivity index (χ2n) is 10.4. The molecule has 10 heteroatoms. The first-order valence-corrected chi connectivity index (χ1v) is 13.6. The maximum atomic E-state index is 13.8. The van der Waals surface area contributed by atoms with Crippen LogP contribution >= 0.6 is 0 Å². The molecule has 2 atom stereocenters. The van der Waals surface area contributed by atoms with Crippen LogP contribution in [0.3, 0.4) is 0 Å². The predicted octanol–water partition coefficient (Wildman–Crippen LogP) is 0.281. The van der Waals surface area contributed by atoms with Crippen molar-refractivity contribution in [3.63, 3.8) is 0 Å². The van der Waals surface area contributed by atoms with E-state index >= 15 is 0 Å². The van der Waals surface area contributed by atoms with Crippen LogP contribution in [-0.4, -0.2) is 129 Å². The Morgan fingerprint density at radius 3 is 2.38 bits per heavy atom. The number of nitrogens with one attached hydrogen (secondary N) is 1. The smallest absolute Gasteiger partial charge is 0.254 e. The molecule has 3 heterocycles. The zero-order valence-corrected chi connectivity index (χ0v) is 21.8. The average Bonchev–Trinajstić information content (AvgIpc) is 3.72. The number of amides is 3. The molecule has 10 nitrogen and oxygen atoms in total. The van der Waals surface area contributed by atoms with E-state index in [4.69, 9.17) is 9.47 Å². The van der Waals surface area contributed by atoms with Crippen LogP contribution in [0.2, 0.25) is 0 Å². The number of morpholine rings is 1. The van der Waals surface area contributed by atoms with Crippen LogP contribution in [0.4, 0.5) is 0 Å². The summed E-state index contributed by atoms with van der Waals surface area (Å²) in [5.74, 6) is 0.732. The van der Waals surface area contributed by atoms with E-state index < -0.39 is 6.04 Å². The second kappa shape index (κ2) is 11.8. The molecular weight excluding hydrogens is 474 g/mol. The van der Waals surface area contributed by atoms with E-state index in [1.807, 2.05) is 9.80 Å². The van der Waals surface area contributed by atoms with Crippen LogP contribution in [0, 0.1) is 5.92 Å². The minimum absolute atomic E-state index is 0.0167. The summed E-state index contributed by atoms with van der Waals surface area (Å²) in [5, 5.41) is 3.29. The highest BCUT2D eigenvalue weighted by Gasteiger charge is 2.47. The maximum Gasteiger partial charge on any atom is 0.254 e. The number of carbonyl (C=O) groups is 3. The van der Waals surface area contributed by atoms with Crippen molar-refractivity contribution in [2.24, 2.45) is 5.92 Å². The summed E-state index contributed by atoms with van der Waals surface area (Å²) in [4.78, 5) is 48.6. The van der Waals surface area contributed by atoms with E-state index in [1.165, 1.54) is 0 Å². The van der Waals surface area contributed by atoms with Crippen LogP contribution in [0.25, 0.3) is 0 Å². The zero-order chi connectivity index (χ0) is 25.8. The van der Waals surface area contributed by atoms with Crippen LogP contribution in [0.1, 0.15) is 29.6 Å². The number of nitrogens with zero attached hydrogens (tertiary/aromatic N) is 4. The number of likely N-dealkylation sites (tertiary alicyclic amines) is 1. The SMILES string of the molecule is COc1ccc(C(=O)N(CCN2CCOCC2)C2CC(C(=O)N3CCNCC3)N(C(=O)C3CC3)C2)cc1. The van der Waals surface area contributed by atoms with Gasteiger partial charge in [0, 0.05) is 70.4 Å². The second-order valence-corrected chi connectivity index (χ2v) is 10.4. The maximum absolute atomic E-state index is 13.8. The van der Waals surface area contributed by atoms with Crippen LogP contribution in [0.15, 0.2) is 24.3 Å². The fourth-order valence-electron chi connectivity index (χ4n) is 5.60. The Morgan fingerprint density at radius 1 is 1.03 bits per heavy atom. The Bertz CT molecular complexity index is 956. The predicted molar refractivity (Wildman–Crippen MR) is 137 cm³/mol. The van der Waals surface area contributed by atoms with Gasteiger partial charge in [0.2, 0.25) is 11.8 Å². The van der Waals surface area contributed by atoms with Gasteiger partial charge < -0.3 is 29.5 Å². The van der Waals surface area contributed by atoms with Crippen molar-refractivity contribution in [1.29, 1.82) is 0 Å². The van der Waals surface area contributed by atoms with E-state index in [0.29, 0.717) is 57.1 Å². The molecule has 0 radical (unpaired) electrons. The molecule has 0 bridgehead atoms. The Hall–Kier alpha value is -2.69. The van der Waals surface area contributed by atoms with Gasteiger partial charge in [0.15, 0.2) is 0 Å². The third-order valence-electron chi connectivity index (χ3n) is 8.00. The number of carbonyl (C=O) groups excluding carboxylic acids is 3. The lowest BCUT2D eigenvalue weighted by Gasteiger charge is -2.33. The minimum Gasteiger partial charge on any atom is -0.497 e. The molecule has 37 heavy (non-hydrogen) atoms. The number of methoxy groups -OCH3 is 1. The van der Waals surface area contributed by atoms with Crippen molar-refractivity contribution >= 4 is 17.7 Å². The lowest BCUT2D eigenvalue weighted by molar-refractivity contribution is -0.144. The molecule has 0 aromatic heterocycles. The average molecular weight is 514 g/mol. The van der Waals surface area contributed by atoms with Gasteiger partial charge in [-0.05, 0) is 43.5 Å². The molecule has 1 saturated carbocycles. The number of ether oxygens (including phenoxy) is 2. The summed E-state index contributed by atoms with van der Waals surface area (Å²) >= 11 is 0. The summed E-state index contributed by atoms with van der Waals surface area (Å²) in [6.45, 7) is 7.57. The number of hydrogen-bond acceptors (Lipinski definition) is 7. The first kappa shape index (κ1) is 25.9.